The molecular weight excluding hydrogens is 568 g/mol. The largest absolute Gasteiger partial charge is 0.508 e. The number of likely N-dealkylation sites (tertiary alicyclic amines) is 1. The lowest BCUT2D eigenvalue weighted by Gasteiger charge is -2.33. The lowest BCUT2D eigenvalue weighted by atomic mass is 10.0. The molecule has 44 heavy (non-hydrogen) atoms. The van der Waals surface area contributed by atoms with Gasteiger partial charge in [0.15, 0.2) is 0 Å². The maximum absolute atomic E-state index is 14.0. The molecule has 1 fully saturated rings. The molecule has 12 nitrogen and oxygen atoms in total. The van der Waals surface area contributed by atoms with Gasteiger partial charge in [-0.3, -0.25) is 14.4 Å². The Bertz CT molecular complexity index is 1270. The van der Waals surface area contributed by atoms with Crippen molar-refractivity contribution in [3.05, 3.63) is 59.7 Å². The molecule has 0 aromatic heterocycles. The predicted molar refractivity (Wildman–Crippen MR) is 163 cm³/mol. The van der Waals surface area contributed by atoms with E-state index in [1.807, 2.05) is 6.92 Å². The Labute approximate surface area is 257 Å². The van der Waals surface area contributed by atoms with Crippen LogP contribution in [-0.4, -0.2) is 98.3 Å². The molecule has 1 heterocycles. The molecule has 1 saturated heterocycles. The van der Waals surface area contributed by atoms with Gasteiger partial charge in [-0.2, -0.15) is 0 Å². The predicted octanol–water partition coefficient (Wildman–Crippen LogP) is 1.40. The maximum Gasteiger partial charge on any atom is 0.326 e. The van der Waals surface area contributed by atoms with E-state index in [-0.39, 0.29) is 43.2 Å². The van der Waals surface area contributed by atoms with Crippen molar-refractivity contribution in [1.82, 2.24) is 15.1 Å². The number of hydrogen-bond donors (Lipinski definition) is 6. The average Bonchev–Trinajstić information content (AvgIpc) is 3.39. The lowest BCUT2D eigenvalue weighted by molar-refractivity contribution is -0.153. The van der Waals surface area contributed by atoms with Gasteiger partial charge in [0.1, 0.15) is 35.7 Å². The molecule has 2 aromatic carbocycles. The number of nitrogens with two attached hydrogens (primary N) is 1. The van der Waals surface area contributed by atoms with Crippen molar-refractivity contribution in [3.8, 4) is 11.5 Å². The molecule has 0 unspecified atom stereocenters. The zero-order valence-electron chi connectivity index (χ0n) is 25.3. The summed E-state index contributed by atoms with van der Waals surface area (Å²) in [6, 6.07) is 9.43. The van der Waals surface area contributed by atoms with Gasteiger partial charge in [-0.1, -0.05) is 31.2 Å². The van der Waals surface area contributed by atoms with Crippen molar-refractivity contribution in [1.29, 1.82) is 0 Å². The Morgan fingerprint density at radius 2 is 1.57 bits per heavy atom. The van der Waals surface area contributed by atoms with Crippen LogP contribution in [0, 0.1) is 5.92 Å². The topological polar surface area (TPSA) is 194 Å². The minimum atomic E-state index is -1.48. The van der Waals surface area contributed by atoms with E-state index in [9.17, 15) is 39.6 Å². The summed E-state index contributed by atoms with van der Waals surface area (Å²) in [6.07, 6.45) is 0.716. The van der Waals surface area contributed by atoms with Crippen LogP contribution >= 0.6 is 0 Å². The molecule has 7 N–H and O–H groups in total. The molecule has 0 saturated carbocycles. The van der Waals surface area contributed by atoms with Gasteiger partial charge in [-0.15, -0.1) is 0 Å². The Hall–Kier alpha value is -4.16. The molecule has 12 heteroatoms. The molecule has 0 aliphatic carbocycles. The van der Waals surface area contributed by atoms with Crippen LogP contribution in [0.1, 0.15) is 50.2 Å². The monoisotopic (exact) mass is 612 g/mol. The Morgan fingerprint density at radius 3 is 2.14 bits per heavy atom. The van der Waals surface area contributed by atoms with Crippen LogP contribution < -0.4 is 11.1 Å². The van der Waals surface area contributed by atoms with Gasteiger partial charge in [0.25, 0.3) is 0 Å². The number of carboxylic acids is 1. The lowest BCUT2D eigenvalue weighted by Crippen LogP contribution is -2.56. The number of unbranched alkanes of at least 4 members (excludes halogenated alkanes) is 1. The van der Waals surface area contributed by atoms with Gasteiger partial charge in [-0.05, 0) is 86.4 Å². The highest BCUT2D eigenvalue weighted by molar-refractivity contribution is 5.94. The smallest absolute Gasteiger partial charge is 0.326 e. The number of carboxylic acid groups (broad SMARTS) is 1. The number of phenols is 2. The van der Waals surface area contributed by atoms with E-state index in [2.05, 4.69) is 5.32 Å². The highest BCUT2D eigenvalue weighted by Crippen LogP contribution is 2.27. The number of carbonyl (C=O) groups is 4. The summed E-state index contributed by atoms with van der Waals surface area (Å²) in [5.41, 5.74) is 6.97. The number of aromatic hydroxyl groups is 2. The van der Waals surface area contributed by atoms with E-state index in [1.165, 1.54) is 41.1 Å². The number of benzene rings is 2. The summed E-state index contributed by atoms with van der Waals surface area (Å²) in [5, 5.41) is 42.3. The van der Waals surface area contributed by atoms with E-state index in [0.29, 0.717) is 37.8 Å². The number of amides is 3. The number of nitrogens with one attached hydrogen (secondary N) is 1. The van der Waals surface area contributed by atoms with E-state index in [0.717, 1.165) is 5.56 Å². The van der Waals surface area contributed by atoms with Crippen molar-refractivity contribution in [2.24, 2.45) is 11.7 Å². The number of hydrogen-bond acceptors (Lipinski definition) is 8. The van der Waals surface area contributed by atoms with Crippen LogP contribution in [0.4, 0.5) is 0 Å². The number of aryl methyl sites for hydroxylation is 1. The first-order valence-corrected chi connectivity index (χ1v) is 15.0. The third kappa shape index (κ3) is 9.42. The number of aliphatic hydroxyl groups is 1. The number of aliphatic carboxylic acids is 1. The zero-order valence-corrected chi connectivity index (χ0v) is 25.3. The van der Waals surface area contributed by atoms with E-state index >= 15 is 0 Å². The molecule has 5 atom stereocenters. The molecule has 2 aromatic rings. The first-order valence-electron chi connectivity index (χ1n) is 15.0. The molecule has 240 valence electrons. The Morgan fingerprint density at radius 1 is 0.977 bits per heavy atom. The van der Waals surface area contributed by atoms with Crippen molar-refractivity contribution in [3.63, 3.8) is 0 Å². The first kappa shape index (κ1) is 34.3. The Balaban J connectivity index is 1.80. The second kappa shape index (κ2) is 16.1. The van der Waals surface area contributed by atoms with Crippen LogP contribution in [0.3, 0.4) is 0 Å². The van der Waals surface area contributed by atoms with Gasteiger partial charge in [-0.25, -0.2) is 4.79 Å². The summed E-state index contributed by atoms with van der Waals surface area (Å²) in [5.74, 6) is -2.79. The van der Waals surface area contributed by atoms with Crippen LogP contribution in [0.15, 0.2) is 48.5 Å². The van der Waals surface area contributed by atoms with Gasteiger partial charge in [0.2, 0.25) is 17.7 Å². The number of aliphatic hydroxyl groups excluding tert-OH is 1. The summed E-state index contributed by atoms with van der Waals surface area (Å²) < 4.78 is 0. The fourth-order valence-corrected chi connectivity index (χ4v) is 5.52. The quantitative estimate of drug-likeness (QED) is 0.161. The van der Waals surface area contributed by atoms with Gasteiger partial charge < -0.3 is 41.3 Å². The van der Waals surface area contributed by atoms with Crippen LogP contribution in [-0.2, 0) is 32.0 Å². The number of likely N-dealkylation sites (N-methyl/N-ethyl adjacent to an activating group) is 1. The van der Waals surface area contributed by atoms with Crippen LogP contribution in [0.2, 0.25) is 0 Å². The third-order valence-corrected chi connectivity index (χ3v) is 8.05. The molecule has 0 spiro atoms. The normalized spacial score (nSPS) is 18.3. The SMILES string of the molecule is C[C@H]1C[C@@H](C(=O)N(C)[C@H](CCCCN)C(=O)O)N(C(=O)[C@@H](CCc2ccc(O)cc2)NC(=O)[C@H](O)Cc2ccc(O)cc2)C1. The standard InChI is InChI=1S/C32H44N4O8/c1-20-17-27(31(42)35(2)26(32(43)44)5-3-4-16-33)36(19-20)30(41)25(15-10-21-6-11-23(37)12-7-21)34-29(40)28(39)18-22-8-13-24(38)14-9-22/h6-9,11-14,20,25-28,37-39H,3-5,10,15-19,33H2,1-2H3,(H,34,40)(H,43,44)/t20-,25+,26+,27-,28+/m0/s1. The van der Waals surface area contributed by atoms with Crippen molar-refractivity contribution in [2.45, 2.75) is 76.1 Å². The van der Waals surface area contributed by atoms with E-state index < -0.39 is 47.9 Å². The molecule has 1 aliphatic rings. The number of rotatable bonds is 15. The summed E-state index contributed by atoms with van der Waals surface area (Å²) in [7, 11) is 1.43. The third-order valence-electron chi connectivity index (χ3n) is 8.05. The minimum Gasteiger partial charge on any atom is -0.508 e. The van der Waals surface area contributed by atoms with Gasteiger partial charge >= 0.3 is 5.97 Å². The number of carbonyl (C=O) groups excluding carboxylic acids is 3. The van der Waals surface area contributed by atoms with E-state index in [4.69, 9.17) is 5.73 Å². The molecular formula is C32H44N4O8. The first-order chi connectivity index (χ1) is 20.9. The van der Waals surface area contributed by atoms with Crippen LogP contribution in [0.5, 0.6) is 11.5 Å². The molecule has 1 aliphatic heterocycles. The van der Waals surface area contributed by atoms with Crippen molar-refractivity contribution >= 4 is 23.7 Å². The second-order valence-electron chi connectivity index (χ2n) is 11.6. The average molecular weight is 613 g/mol. The maximum atomic E-state index is 14.0. The zero-order chi connectivity index (χ0) is 32.4. The number of phenolic OH excluding ortho intramolecular Hbond substituents is 2. The Kier molecular flexibility index (Phi) is 12.5. The molecule has 0 radical (unpaired) electrons. The number of nitrogens with zero attached hydrogens (tertiary/aromatic N) is 2. The van der Waals surface area contributed by atoms with Gasteiger partial charge in [0.05, 0.1) is 0 Å². The van der Waals surface area contributed by atoms with E-state index in [1.54, 1.807) is 24.3 Å². The highest BCUT2D eigenvalue weighted by Gasteiger charge is 2.43. The highest BCUT2D eigenvalue weighted by atomic mass is 16.4. The fraction of sp³-hybridized carbons (Fsp3) is 0.500. The molecule has 0 bridgehead atoms. The van der Waals surface area contributed by atoms with Crippen LogP contribution in [0.25, 0.3) is 0 Å². The molecule has 3 amide bonds. The van der Waals surface area contributed by atoms with Crippen molar-refractivity contribution < 1.29 is 39.6 Å². The minimum absolute atomic E-state index is 0.0433. The molecule has 3 rings (SSSR count). The van der Waals surface area contributed by atoms with Crippen molar-refractivity contribution in [2.75, 3.05) is 20.1 Å². The second-order valence-corrected chi connectivity index (χ2v) is 11.6. The fourth-order valence-electron chi connectivity index (χ4n) is 5.52. The summed E-state index contributed by atoms with van der Waals surface area (Å²) >= 11 is 0. The van der Waals surface area contributed by atoms with Gasteiger partial charge in [0, 0.05) is 20.0 Å². The summed E-state index contributed by atoms with van der Waals surface area (Å²) in [4.78, 5) is 55.4. The summed E-state index contributed by atoms with van der Waals surface area (Å²) in [6.45, 7) is 2.55.